The SMILES string of the molecule is CCCCCC/C=C/CCCCCCCCCCCC(=O)O[C@H](COC(=O)CCCCCCCCCCCCCCCCCCCCC)CO[C@H]1O[C@H](CS(=O)(=O)O)[C@@H](O)C(O)C1O. The van der Waals surface area contributed by atoms with E-state index < -0.39 is 71.2 Å². The standard InChI is InChI=1S/C51H96O12S/c1-3-5-7-9-11-13-15-17-19-21-22-24-25-27-29-31-33-35-37-39-46(52)60-41-44(42-61-51-50(56)49(55)48(54)45(63-51)43-64(57,58)59)62-47(53)40-38-36-34-32-30-28-26-23-20-18-16-14-12-10-8-6-4-2/h14,16,44-45,48-51,54-56H,3-13,15,17-43H2,1-2H3,(H,57,58,59)/b16-14+/t44-,45-,48-,49?,50?,51+/m1/s1. The van der Waals surface area contributed by atoms with E-state index in [9.17, 15) is 37.9 Å². The molecular formula is C51H96O12S. The molecule has 0 radical (unpaired) electrons. The Hall–Kier alpha value is -1.61. The predicted molar refractivity (Wildman–Crippen MR) is 257 cm³/mol. The van der Waals surface area contributed by atoms with E-state index in [1.54, 1.807) is 0 Å². The van der Waals surface area contributed by atoms with Crippen molar-refractivity contribution in [3.05, 3.63) is 12.2 Å². The van der Waals surface area contributed by atoms with Gasteiger partial charge in [0.15, 0.2) is 12.4 Å². The lowest BCUT2D eigenvalue weighted by molar-refractivity contribution is -0.297. The number of allylic oxidation sites excluding steroid dienone is 2. The molecule has 0 saturated carbocycles. The molecule has 6 atom stereocenters. The third-order valence-corrected chi connectivity index (χ3v) is 13.1. The first-order valence-electron chi connectivity index (χ1n) is 26.2. The topological polar surface area (TPSA) is 186 Å². The molecule has 378 valence electrons. The van der Waals surface area contributed by atoms with Crippen LogP contribution in [0.2, 0.25) is 0 Å². The highest BCUT2D eigenvalue weighted by Crippen LogP contribution is 2.24. The summed E-state index contributed by atoms with van der Waals surface area (Å²) >= 11 is 0. The Bertz CT molecular complexity index is 1230. The maximum Gasteiger partial charge on any atom is 0.306 e. The number of esters is 2. The first-order chi connectivity index (χ1) is 31.0. The van der Waals surface area contributed by atoms with Gasteiger partial charge in [-0.1, -0.05) is 206 Å². The first kappa shape index (κ1) is 60.4. The van der Waals surface area contributed by atoms with Gasteiger partial charge < -0.3 is 34.3 Å². The van der Waals surface area contributed by atoms with E-state index in [2.05, 4.69) is 26.0 Å². The Balaban J connectivity index is 2.35. The number of hydrogen-bond acceptors (Lipinski definition) is 11. The number of carbonyl (C=O) groups excluding carboxylic acids is 2. The summed E-state index contributed by atoms with van der Waals surface area (Å²) < 4.78 is 54.3. The van der Waals surface area contributed by atoms with Crippen molar-refractivity contribution < 1.29 is 56.8 Å². The number of carbonyl (C=O) groups is 2. The average molecular weight is 933 g/mol. The van der Waals surface area contributed by atoms with Gasteiger partial charge in [-0.2, -0.15) is 8.42 Å². The Morgan fingerprint density at radius 3 is 1.31 bits per heavy atom. The van der Waals surface area contributed by atoms with Gasteiger partial charge in [0.2, 0.25) is 0 Å². The van der Waals surface area contributed by atoms with Crippen LogP contribution in [-0.2, 0) is 38.7 Å². The minimum atomic E-state index is -4.60. The largest absolute Gasteiger partial charge is 0.462 e. The number of hydrogen-bond donors (Lipinski definition) is 4. The Morgan fingerprint density at radius 2 is 0.891 bits per heavy atom. The third kappa shape index (κ3) is 35.6. The summed E-state index contributed by atoms with van der Waals surface area (Å²) in [6.45, 7) is 3.79. The average Bonchev–Trinajstić information content (AvgIpc) is 3.26. The molecule has 0 aliphatic carbocycles. The van der Waals surface area contributed by atoms with Crippen molar-refractivity contribution in [2.24, 2.45) is 0 Å². The summed E-state index contributed by atoms with van der Waals surface area (Å²) in [5, 5.41) is 31.0. The highest BCUT2D eigenvalue weighted by atomic mass is 32.2. The van der Waals surface area contributed by atoms with Gasteiger partial charge in [-0.3, -0.25) is 14.1 Å². The van der Waals surface area contributed by atoms with Crippen molar-refractivity contribution in [1.82, 2.24) is 0 Å². The third-order valence-electron chi connectivity index (χ3n) is 12.3. The van der Waals surface area contributed by atoms with Crippen LogP contribution in [-0.4, -0.2) is 96.0 Å². The second kappa shape index (κ2) is 41.6. The summed E-state index contributed by atoms with van der Waals surface area (Å²) in [5.41, 5.74) is 0. The molecule has 1 heterocycles. The first-order valence-corrected chi connectivity index (χ1v) is 27.9. The van der Waals surface area contributed by atoms with E-state index in [0.29, 0.717) is 12.8 Å². The van der Waals surface area contributed by atoms with Crippen molar-refractivity contribution in [2.75, 3.05) is 19.0 Å². The molecule has 1 fully saturated rings. The molecule has 0 spiro atoms. The molecule has 0 aromatic heterocycles. The highest BCUT2D eigenvalue weighted by Gasteiger charge is 2.46. The second-order valence-electron chi connectivity index (χ2n) is 18.5. The second-order valence-corrected chi connectivity index (χ2v) is 20.0. The molecule has 1 aliphatic rings. The van der Waals surface area contributed by atoms with E-state index in [0.717, 1.165) is 38.5 Å². The van der Waals surface area contributed by atoms with Gasteiger partial charge in [0.1, 0.15) is 36.8 Å². The molecule has 13 heteroatoms. The van der Waals surface area contributed by atoms with Crippen molar-refractivity contribution in [3.8, 4) is 0 Å². The Labute approximate surface area is 390 Å². The normalized spacial score (nSPS) is 19.6. The molecule has 0 bridgehead atoms. The fourth-order valence-corrected chi connectivity index (χ4v) is 8.95. The highest BCUT2D eigenvalue weighted by molar-refractivity contribution is 7.85. The van der Waals surface area contributed by atoms with Crippen LogP contribution in [0, 0.1) is 0 Å². The van der Waals surface area contributed by atoms with Gasteiger partial charge >= 0.3 is 11.9 Å². The minimum absolute atomic E-state index is 0.166. The monoisotopic (exact) mass is 933 g/mol. The number of aliphatic hydroxyl groups excluding tert-OH is 3. The van der Waals surface area contributed by atoms with Crippen molar-refractivity contribution in [1.29, 1.82) is 0 Å². The summed E-state index contributed by atoms with van der Waals surface area (Å²) in [4.78, 5) is 25.5. The van der Waals surface area contributed by atoms with Crippen LogP contribution < -0.4 is 0 Å². The molecule has 0 amide bonds. The van der Waals surface area contributed by atoms with Crippen LogP contribution in [0.25, 0.3) is 0 Å². The molecular weight excluding hydrogens is 837 g/mol. The van der Waals surface area contributed by atoms with Crippen LogP contribution in [0.15, 0.2) is 12.2 Å². The van der Waals surface area contributed by atoms with E-state index in [4.69, 9.17) is 18.9 Å². The summed E-state index contributed by atoms with van der Waals surface area (Å²) in [6.07, 6.45) is 36.8. The fourth-order valence-electron chi connectivity index (χ4n) is 8.26. The van der Waals surface area contributed by atoms with Gasteiger partial charge in [0.05, 0.1) is 6.61 Å². The van der Waals surface area contributed by atoms with Gasteiger partial charge in [0.25, 0.3) is 10.1 Å². The molecule has 1 aliphatic heterocycles. The molecule has 64 heavy (non-hydrogen) atoms. The van der Waals surface area contributed by atoms with Crippen LogP contribution in [0.4, 0.5) is 0 Å². The zero-order valence-electron chi connectivity index (χ0n) is 40.7. The van der Waals surface area contributed by atoms with Crippen molar-refractivity contribution in [3.63, 3.8) is 0 Å². The van der Waals surface area contributed by atoms with Crippen LogP contribution in [0.1, 0.15) is 245 Å². The molecule has 0 aromatic rings. The zero-order chi connectivity index (χ0) is 46.9. The predicted octanol–water partition coefficient (Wildman–Crippen LogP) is 11.8. The van der Waals surface area contributed by atoms with Gasteiger partial charge in [0, 0.05) is 12.8 Å². The van der Waals surface area contributed by atoms with Gasteiger partial charge in [-0.05, 0) is 38.5 Å². The number of ether oxygens (including phenoxy) is 4. The molecule has 0 aromatic carbocycles. The fraction of sp³-hybridized carbons (Fsp3) is 0.922. The van der Waals surface area contributed by atoms with Crippen LogP contribution >= 0.6 is 0 Å². The number of aliphatic hydroxyl groups is 3. The Morgan fingerprint density at radius 1 is 0.516 bits per heavy atom. The van der Waals surface area contributed by atoms with Crippen molar-refractivity contribution in [2.45, 2.75) is 282 Å². The van der Waals surface area contributed by atoms with E-state index >= 15 is 0 Å². The summed E-state index contributed by atoms with van der Waals surface area (Å²) in [7, 11) is -4.60. The van der Waals surface area contributed by atoms with Gasteiger partial charge in [-0.15, -0.1) is 0 Å². The summed E-state index contributed by atoms with van der Waals surface area (Å²) in [6, 6.07) is 0. The lowest BCUT2D eigenvalue weighted by Crippen LogP contribution is -2.60. The minimum Gasteiger partial charge on any atom is -0.462 e. The van der Waals surface area contributed by atoms with Crippen LogP contribution in [0.3, 0.4) is 0 Å². The molecule has 12 nitrogen and oxygen atoms in total. The molecule has 2 unspecified atom stereocenters. The van der Waals surface area contributed by atoms with Gasteiger partial charge in [-0.25, -0.2) is 0 Å². The lowest BCUT2D eigenvalue weighted by Gasteiger charge is -2.40. The molecule has 1 rings (SSSR count). The van der Waals surface area contributed by atoms with Crippen molar-refractivity contribution >= 4 is 22.1 Å². The molecule has 1 saturated heterocycles. The zero-order valence-corrected chi connectivity index (χ0v) is 41.5. The maximum atomic E-state index is 12.9. The smallest absolute Gasteiger partial charge is 0.306 e. The van der Waals surface area contributed by atoms with E-state index in [-0.39, 0.29) is 19.4 Å². The van der Waals surface area contributed by atoms with E-state index in [1.807, 2.05) is 0 Å². The molecule has 4 N–H and O–H groups in total. The lowest BCUT2D eigenvalue weighted by atomic mass is 10.00. The summed E-state index contributed by atoms with van der Waals surface area (Å²) in [5.74, 6) is -1.97. The van der Waals surface area contributed by atoms with E-state index in [1.165, 1.54) is 167 Å². The number of unbranched alkanes of at least 4 members (excludes halogenated alkanes) is 31. The number of rotatable bonds is 45. The quantitative estimate of drug-likeness (QED) is 0.0196. The van der Waals surface area contributed by atoms with Crippen LogP contribution in [0.5, 0.6) is 0 Å². The maximum absolute atomic E-state index is 12.9. The Kier molecular flexibility index (Phi) is 39.2.